The number of imide groups is 1. The summed E-state index contributed by atoms with van der Waals surface area (Å²) in [4.78, 5) is 48.9. The molecule has 1 aromatic rings. The van der Waals surface area contributed by atoms with Gasteiger partial charge in [-0.15, -0.1) is 0 Å². The van der Waals surface area contributed by atoms with Crippen molar-refractivity contribution >= 4 is 23.9 Å². The highest BCUT2D eigenvalue weighted by Gasteiger charge is 2.52. The minimum atomic E-state index is -0.856. The monoisotopic (exact) mass is 364 g/mol. The van der Waals surface area contributed by atoms with Crippen molar-refractivity contribution in [1.82, 2.24) is 10.2 Å². The van der Waals surface area contributed by atoms with Crippen molar-refractivity contribution in [2.45, 2.75) is 44.8 Å². The molecule has 0 atom stereocenters. The maximum absolute atomic E-state index is 12.5. The maximum atomic E-state index is 12.5. The zero-order chi connectivity index (χ0) is 18.9. The highest BCUT2D eigenvalue weighted by atomic mass is 16.5. The van der Waals surface area contributed by atoms with E-state index in [4.69, 9.17) is 9.15 Å². The first-order valence-electron chi connectivity index (χ1n) is 8.33. The van der Waals surface area contributed by atoms with Gasteiger partial charge in [-0.2, -0.15) is 0 Å². The lowest BCUT2D eigenvalue weighted by Crippen LogP contribution is -2.44. The number of carbonyl (C=O) groups is 4. The zero-order valence-corrected chi connectivity index (χ0v) is 14.6. The second kappa shape index (κ2) is 6.81. The van der Waals surface area contributed by atoms with Crippen LogP contribution in [0.2, 0.25) is 0 Å². The van der Waals surface area contributed by atoms with Crippen molar-refractivity contribution in [2.24, 2.45) is 0 Å². The summed E-state index contributed by atoms with van der Waals surface area (Å²) < 4.78 is 15.0. The topological polar surface area (TPSA) is 115 Å². The third-order valence-electron chi connectivity index (χ3n) is 4.74. The molecule has 1 aromatic heterocycles. The van der Waals surface area contributed by atoms with Gasteiger partial charge in [0.05, 0.1) is 7.11 Å². The number of furan rings is 1. The number of esters is 2. The van der Waals surface area contributed by atoms with Crippen LogP contribution >= 0.6 is 0 Å². The first kappa shape index (κ1) is 18.0. The fourth-order valence-electron chi connectivity index (χ4n) is 3.39. The van der Waals surface area contributed by atoms with Gasteiger partial charge in [0.2, 0.25) is 0 Å². The van der Waals surface area contributed by atoms with Gasteiger partial charge in [0, 0.05) is 0 Å². The number of methoxy groups -OCH3 is 1. The Bertz CT molecular complexity index is 761. The van der Waals surface area contributed by atoms with Gasteiger partial charge in [0.1, 0.15) is 35.8 Å². The zero-order valence-electron chi connectivity index (χ0n) is 14.6. The molecular weight excluding hydrogens is 344 g/mol. The standard InChI is InChI=1S/C17H20N2O7/c1-10-12(14(21)24-2)7-11(26-10)9-25-13(20)8-19-15(22)17(18-16(19)23)5-3-4-6-17/h7H,3-6,8-9H2,1-2H3,(H,18,23). The summed E-state index contributed by atoms with van der Waals surface area (Å²) >= 11 is 0. The molecule has 0 bridgehead atoms. The van der Waals surface area contributed by atoms with E-state index < -0.39 is 30.1 Å². The van der Waals surface area contributed by atoms with Crippen molar-refractivity contribution in [3.63, 3.8) is 0 Å². The predicted octanol–water partition coefficient (Wildman–Crippen LogP) is 1.28. The Morgan fingerprint density at radius 3 is 2.65 bits per heavy atom. The molecule has 26 heavy (non-hydrogen) atoms. The Labute approximate surface area is 149 Å². The number of nitrogens with zero attached hydrogens (tertiary/aromatic N) is 1. The Morgan fingerprint density at radius 1 is 1.31 bits per heavy atom. The third-order valence-corrected chi connectivity index (χ3v) is 4.74. The lowest BCUT2D eigenvalue weighted by molar-refractivity contribution is -0.149. The Hall–Kier alpha value is -2.84. The normalized spacial score (nSPS) is 18.3. The van der Waals surface area contributed by atoms with E-state index in [0.29, 0.717) is 18.6 Å². The van der Waals surface area contributed by atoms with Crippen LogP contribution in [0.4, 0.5) is 4.79 Å². The SMILES string of the molecule is COC(=O)c1cc(COC(=O)CN2C(=O)NC3(CCCC3)C2=O)oc1C. The Kier molecular flexibility index (Phi) is 4.71. The Morgan fingerprint density at radius 2 is 2.00 bits per heavy atom. The highest BCUT2D eigenvalue weighted by Crippen LogP contribution is 2.34. The van der Waals surface area contributed by atoms with Crippen LogP contribution in [0.15, 0.2) is 10.5 Å². The van der Waals surface area contributed by atoms with Crippen LogP contribution in [0.3, 0.4) is 0 Å². The van der Waals surface area contributed by atoms with E-state index in [0.717, 1.165) is 17.7 Å². The van der Waals surface area contributed by atoms with E-state index in [-0.39, 0.29) is 23.8 Å². The van der Waals surface area contributed by atoms with Crippen molar-refractivity contribution < 1.29 is 33.1 Å². The quantitative estimate of drug-likeness (QED) is 0.618. The van der Waals surface area contributed by atoms with Crippen LogP contribution in [0.25, 0.3) is 0 Å². The molecule has 2 heterocycles. The fourth-order valence-corrected chi connectivity index (χ4v) is 3.39. The fraction of sp³-hybridized carbons (Fsp3) is 0.529. The third kappa shape index (κ3) is 3.16. The summed E-state index contributed by atoms with van der Waals surface area (Å²) in [7, 11) is 1.25. The van der Waals surface area contributed by atoms with Crippen molar-refractivity contribution in [3.05, 3.63) is 23.2 Å². The van der Waals surface area contributed by atoms with E-state index >= 15 is 0 Å². The van der Waals surface area contributed by atoms with Gasteiger partial charge in [-0.05, 0) is 25.8 Å². The number of carbonyl (C=O) groups excluding carboxylic acids is 4. The summed E-state index contributed by atoms with van der Waals surface area (Å²) in [5, 5.41) is 2.70. The number of nitrogens with one attached hydrogen (secondary N) is 1. The highest BCUT2D eigenvalue weighted by molar-refractivity contribution is 6.08. The molecule has 0 aromatic carbocycles. The first-order valence-corrected chi connectivity index (χ1v) is 8.33. The molecule has 1 N–H and O–H groups in total. The van der Waals surface area contributed by atoms with Gasteiger partial charge in [-0.25, -0.2) is 9.59 Å². The van der Waals surface area contributed by atoms with E-state index in [2.05, 4.69) is 10.1 Å². The summed E-state index contributed by atoms with van der Waals surface area (Å²) in [6, 6.07) is 0.853. The average molecular weight is 364 g/mol. The average Bonchev–Trinajstić information content (AvgIpc) is 3.28. The van der Waals surface area contributed by atoms with Gasteiger partial charge in [0.25, 0.3) is 5.91 Å². The molecule has 3 amide bonds. The van der Waals surface area contributed by atoms with E-state index in [1.165, 1.54) is 13.2 Å². The summed E-state index contributed by atoms with van der Waals surface area (Å²) in [5.74, 6) is -1.05. The molecule has 1 saturated carbocycles. The molecule has 1 saturated heterocycles. The van der Waals surface area contributed by atoms with Gasteiger partial charge < -0.3 is 19.2 Å². The van der Waals surface area contributed by atoms with Gasteiger partial charge in [-0.3, -0.25) is 14.5 Å². The number of urea groups is 1. The van der Waals surface area contributed by atoms with E-state index in [1.54, 1.807) is 6.92 Å². The van der Waals surface area contributed by atoms with Gasteiger partial charge in [-0.1, -0.05) is 12.8 Å². The number of ether oxygens (including phenoxy) is 2. The largest absolute Gasteiger partial charge is 0.465 e. The van der Waals surface area contributed by atoms with Crippen LogP contribution < -0.4 is 5.32 Å². The molecule has 2 fully saturated rings. The molecule has 1 spiro atoms. The molecule has 3 rings (SSSR count). The molecule has 1 aliphatic carbocycles. The number of aryl methyl sites for hydroxylation is 1. The van der Waals surface area contributed by atoms with Crippen molar-refractivity contribution in [3.8, 4) is 0 Å². The molecular formula is C17H20N2O7. The minimum Gasteiger partial charge on any atom is -0.465 e. The van der Waals surface area contributed by atoms with E-state index in [9.17, 15) is 19.2 Å². The predicted molar refractivity (Wildman–Crippen MR) is 86.0 cm³/mol. The van der Waals surface area contributed by atoms with Crippen molar-refractivity contribution in [1.29, 1.82) is 0 Å². The number of rotatable bonds is 5. The molecule has 9 nitrogen and oxygen atoms in total. The summed E-state index contributed by atoms with van der Waals surface area (Å²) in [5.41, 5.74) is -0.610. The molecule has 1 aliphatic heterocycles. The van der Waals surface area contributed by atoms with Crippen molar-refractivity contribution in [2.75, 3.05) is 13.7 Å². The number of hydrogen-bond donors (Lipinski definition) is 1. The van der Waals surface area contributed by atoms with Crippen LogP contribution in [0, 0.1) is 6.92 Å². The smallest absolute Gasteiger partial charge is 0.341 e. The first-order chi connectivity index (χ1) is 12.4. The Balaban J connectivity index is 1.57. The maximum Gasteiger partial charge on any atom is 0.341 e. The molecule has 2 aliphatic rings. The van der Waals surface area contributed by atoms with Crippen LogP contribution in [-0.4, -0.2) is 48.0 Å². The molecule has 0 unspecified atom stereocenters. The summed E-state index contributed by atoms with van der Waals surface area (Å²) in [6.07, 6.45) is 2.91. The van der Waals surface area contributed by atoms with E-state index in [1.807, 2.05) is 0 Å². The second-order valence-corrected chi connectivity index (χ2v) is 6.45. The minimum absolute atomic E-state index is 0.217. The van der Waals surface area contributed by atoms with Gasteiger partial charge in [0.15, 0.2) is 0 Å². The number of amides is 3. The molecule has 140 valence electrons. The van der Waals surface area contributed by atoms with Crippen LogP contribution in [-0.2, 0) is 25.7 Å². The molecule has 9 heteroatoms. The molecule has 0 radical (unpaired) electrons. The second-order valence-electron chi connectivity index (χ2n) is 6.45. The number of hydrogen-bond acceptors (Lipinski definition) is 7. The van der Waals surface area contributed by atoms with Gasteiger partial charge >= 0.3 is 18.0 Å². The van der Waals surface area contributed by atoms with Crippen LogP contribution in [0.1, 0.15) is 47.6 Å². The lowest BCUT2D eigenvalue weighted by Gasteiger charge is -2.19. The summed E-state index contributed by atoms with van der Waals surface area (Å²) in [6.45, 7) is 0.910. The van der Waals surface area contributed by atoms with Crippen LogP contribution in [0.5, 0.6) is 0 Å². The lowest BCUT2D eigenvalue weighted by atomic mass is 9.98.